The Morgan fingerprint density at radius 2 is 0.983 bits per heavy atom. The van der Waals surface area contributed by atoms with Crippen molar-refractivity contribution in [2.45, 2.75) is 0 Å². The topological polar surface area (TPSA) is 25.2 Å². The van der Waals surface area contributed by atoms with Gasteiger partial charge in [0, 0.05) is 63.9 Å². The molecule has 0 saturated heterocycles. The molecule has 4 nitrogen and oxygen atoms in total. The van der Waals surface area contributed by atoms with Crippen molar-refractivity contribution in [3.8, 4) is 11.1 Å². The van der Waals surface area contributed by atoms with Crippen molar-refractivity contribution in [2.24, 2.45) is 0 Å². The SMILES string of the molecule is c1ccc2c(c1)oc1c(N(c3ccc(-c4ccc5sc6ccccc6c5c4)cc3)c3ccc4c(c3)n3c5ccccc5c5ccc6c7ccccc7n4c6c53)cccc12. The van der Waals surface area contributed by atoms with Gasteiger partial charge in [-0.15, -0.1) is 11.3 Å². The lowest BCUT2D eigenvalue weighted by molar-refractivity contribution is 0.669. The molecule has 0 N–H and O–H groups in total. The average Bonchev–Trinajstić information content (AvgIpc) is 4.05. The highest BCUT2D eigenvalue weighted by Crippen LogP contribution is 2.46. The molecule has 9 aromatic carbocycles. The zero-order valence-electron chi connectivity index (χ0n) is 31.6. The molecule has 14 aromatic rings. The first-order valence-electron chi connectivity index (χ1n) is 20.1. The predicted molar refractivity (Wildman–Crippen MR) is 250 cm³/mol. The molecule has 0 atom stereocenters. The van der Waals surface area contributed by atoms with Crippen molar-refractivity contribution in [3.63, 3.8) is 0 Å². The zero-order chi connectivity index (χ0) is 38.3. The van der Waals surface area contributed by atoms with Crippen LogP contribution in [-0.2, 0) is 0 Å². The van der Waals surface area contributed by atoms with Gasteiger partial charge in [-0.25, -0.2) is 0 Å². The Bertz CT molecular complexity index is 4030. The van der Waals surface area contributed by atoms with Gasteiger partial charge in [0.2, 0.25) is 0 Å². The quantitative estimate of drug-likeness (QED) is 0.167. The number of thiophene rings is 1. The lowest BCUT2D eigenvalue weighted by atomic mass is 10.0. The van der Waals surface area contributed by atoms with Crippen LogP contribution in [0.15, 0.2) is 192 Å². The molecule has 0 spiro atoms. The Morgan fingerprint density at radius 1 is 0.373 bits per heavy atom. The number of rotatable bonds is 4. The van der Waals surface area contributed by atoms with Crippen LogP contribution in [0.3, 0.4) is 0 Å². The van der Waals surface area contributed by atoms with Crippen LogP contribution in [0.25, 0.3) is 108 Å². The smallest absolute Gasteiger partial charge is 0.159 e. The number of aromatic nitrogens is 2. The van der Waals surface area contributed by atoms with Gasteiger partial charge < -0.3 is 18.1 Å². The highest BCUT2D eigenvalue weighted by Gasteiger charge is 2.24. The van der Waals surface area contributed by atoms with Crippen LogP contribution in [0.2, 0.25) is 0 Å². The van der Waals surface area contributed by atoms with E-state index >= 15 is 0 Å². The molecule has 0 bridgehead atoms. The summed E-state index contributed by atoms with van der Waals surface area (Å²) in [6.07, 6.45) is 0. The van der Waals surface area contributed by atoms with Gasteiger partial charge in [-0.3, -0.25) is 0 Å². The number of hydrogen-bond donors (Lipinski definition) is 0. The third kappa shape index (κ3) is 4.21. The van der Waals surface area contributed by atoms with Crippen LogP contribution in [0.5, 0.6) is 0 Å². The van der Waals surface area contributed by atoms with Crippen LogP contribution in [-0.4, -0.2) is 8.80 Å². The summed E-state index contributed by atoms with van der Waals surface area (Å²) < 4.78 is 14.4. The zero-order valence-corrected chi connectivity index (χ0v) is 32.4. The van der Waals surface area contributed by atoms with Crippen LogP contribution < -0.4 is 4.90 Å². The summed E-state index contributed by atoms with van der Waals surface area (Å²) in [5.41, 5.74) is 14.5. The molecule has 14 rings (SSSR count). The van der Waals surface area contributed by atoms with E-state index in [-0.39, 0.29) is 0 Å². The number of fused-ring (bicyclic) bond motifs is 15. The minimum Gasteiger partial charge on any atom is -0.454 e. The Balaban J connectivity index is 1.04. The molecule has 0 aliphatic rings. The first-order valence-corrected chi connectivity index (χ1v) is 20.9. The molecular formula is C54H31N3OS. The van der Waals surface area contributed by atoms with Crippen LogP contribution in [0.4, 0.5) is 17.1 Å². The maximum Gasteiger partial charge on any atom is 0.159 e. The van der Waals surface area contributed by atoms with Crippen molar-refractivity contribution in [1.29, 1.82) is 0 Å². The first kappa shape index (κ1) is 31.5. The van der Waals surface area contributed by atoms with Gasteiger partial charge in [0.1, 0.15) is 5.58 Å². The Labute approximate surface area is 340 Å². The highest BCUT2D eigenvalue weighted by atomic mass is 32.1. The summed E-state index contributed by atoms with van der Waals surface area (Å²) in [6.45, 7) is 0. The van der Waals surface area contributed by atoms with Crippen LogP contribution in [0.1, 0.15) is 0 Å². The summed E-state index contributed by atoms with van der Waals surface area (Å²) in [6, 6.07) is 68.7. The number of nitrogens with zero attached hydrogens (tertiary/aromatic N) is 3. The highest BCUT2D eigenvalue weighted by molar-refractivity contribution is 7.25. The van der Waals surface area contributed by atoms with E-state index in [4.69, 9.17) is 4.42 Å². The van der Waals surface area contributed by atoms with Gasteiger partial charge in [-0.1, -0.05) is 115 Å². The normalized spacial score (nSPS) is 12.4. The largest absolute Gasteiger partial charge is 0.454 e. The fourth-order valence-electron chi connectivity index (χ4n) is 10.1. The molecular weight excluding hydrogens is 739 g/mol. The lowest BCUT2D eigenvalue weighted by Crippen LogP contribution is -2.11. The second-order valence-corrected chi connectivity index (χ2v) is 16.8. The molecule has 5 heterocycles. The molecule has 0 aliphatic carbocycles. The Hall–Kier alpha value is -7.60. The summed E-state index contributed by atoms with van der Waals surface area (Å²) in [5.74, 6) is 0. The maximum absolute atomic E-state index is 6.75. The molecule has 5 heteroatoms. The van der Waals surface area contributed by atoms with E-state index in [0.29, 0.717) is 0 Å². The standard InChI is InChI=1S/C54H31N3OS/c1-5-15-44-36(10-1)40-26-27-41-37-11-2-6-16-45(37)57-48-31-35(25-28-46(48)56(44)52(40)53(41)57)55(47-17-9-14-42-38-12-3-7-18-49(38)58-54(42)47)34-23-20-32(21-24-34)33-22-29-51-43(30-33)39-13-4-8-19-50(39)59-51/h1-31H. The molecule has 59 heavy (non-hydrogen) atoms. The van der Waals surface area contributed by atoms with Crippen LogP contribution in [0, 0.1) is 0 Å². The molecule has 274 valence electrons. The van der Waals surface area contributed by atoms with Crippen molar-refractivity contribution in [1.82, 2.24) is 8.80 Å². The summed E-state index contributed by atoms with van der Waals surface area (Å²) >= 11 is 1.86. The molecule has 0 radical (unpaired) electrons. The second kappa shape index (κ2) is 11.5. The summed E-state index contributed by atoms with van der Waals surface area (Å²) in [7, 11) is 0. The molecule has 0 fully saturated rings. The number of benzene rings is 9. The van der Waals surface area contributed by atoms with E-state index in [2.05, 4.69) is 196 Å². The number of anilines is 3. The number of para-hydroxylation sites is 4. The first-order chi connectivity index (χ1) is 29.3. The van der Waals surface area contributed by atoms with Gasteiger partial charge in [0.05, 0.1) is 38.8 Å². The Kier molecular flexibility index (Phi) is 6.14. The summed E-state index contributed by atoms with van der Waals surface area (Å²) in [4.78, 5) is 2.37. The van der Waals surface area contributed by atoms with E-state index in [1.165, 1.54) is 74.9 Å². The van der Waals surface area contributed by atoms with Crippen molar-refractivity contribution in [3.05, 3.63) is 188 Å². The fourth-order valence-corrected chi connectivity index (χ4v) is 11.2. The van der Waals surface area contributed by atoms with Crippen molar-refractivity contribution < 1.29 is 4.42 Å². The fraction of sp³-hybridized carbons (Fsp3) is 0. The molecule has 5 aromatic heterocycles. The molecule has 0 unspecified atom stereocenters. The minimum absolute atomic E-state index is 0.863. The van der Waals surface area contributed by atoms with E-state index in [1.54, 1.807) is 0 Å². The van der Waals surface area contributed by atoms with E-state index in [9.17, 15) is 0 Å². The summed E-state index contributed by atoms with van der Waals surface area (Å²) in [5, 5.41) is 9.89. The monoisotopic (exact) mass is 769 g/mol. The number of furan rings is 1. The van der Waals surface area contributed by atoms with Crippen molar-refractivity contribution >= 4 is 125 Å². The van der Waals surface area contributed by atoms with Gasteiger partial charge >= 0.3 is 0 Å². The van der Waals surface area contributed by atoms with Gasteiger partial charge in [-0.2, -0.15) is 0 Å². The van der Waals surface area contributed by atoms with Gasteiger partial charge in [0.25, 0.3) is 0 Å². The van der Waals surface area contributed by atoms with Gasteiger partial charge in [-0.05, 0) is 83.9 Å². The third-order valence-electron chi connectivity index (χ3n) is 12.6. The molecule has 0 aliphatic heterocycles. The molecule has 0 amide bonds. The van der Waals surface area contributed by atoms with E-state index < -0.39 is 0 Å². The number of hydrogen-bond acceptors (Lipinski definition) is 3. The minimum atomic E-state index is 0.863. The second-order valence-electron chi connectivity index (χ2n) is 15.7. The van der Waals surface area contributed by atoms with Gasteiger partial charge in [0.15, 0.2) is 5.58 Å². The lowest BCUT2D eigenvalue weighted by Gasteiger charge is -2.26. The third-order valence-corrected chi connectivity index (χ3v) is 13.8. The molecule has 0 saturated carbocycles. The van der Waals surface area contributed by atoms with Crippen molar-refractivity contribution in [2.75, 3.05) is 4.90 Å². The maximum atomic E-state index is 6.75. The van der Waals surface area contributed by atoms with E-state index in [1.807, 2.05) is 17.4 Å². The Morgan fingerprint density at radius 3 is 1.76 bits per heavy atom. The average molecular weight is 770 g/mol. The predicted octanol–water partition coefficient (Wildman–Crippen LogP) is 15.6. The van der Waals surface area contributed by atoms with Crippen LogP contribution >= 0.6 is 11.3 Å². The van der Waals surface area contributed by atoms with E-state index in [0.717, 1.165) is 50.0 Å².